The Hall–Kier alpha value is -0.420. The maximum Gasteiger partial charge on any atom is 0.0556 e. The van der Waals surface area contributed by atoms with E-state index in [1.165, 1.54) is 24.9 Å². The predicted molar refractivity (Wildman–Crippen MR) is 72.5 cm³/mol. The summed E-state index contributed by atoms with van der Waals surface area (Å²) in [6.45, 7) is 3.23. The zero-order valence-electron chi connectivity index (χ0n) is 10.4. The number of rotatable bonds is 5. The maximum absolute atomic E-state index is 8.86. The second-order valence-corrected chi connectivity index (χ2v) is 5.81. The van der Waals surface area contributed by atoms with E-state index < -0.39 is 0 Å². The van der Waals surface area contributed by atoms with Gasteiger partial charge in [-0.05, 0) is 48.2 Å². The lowest BCUT2D eigenvalue weighted by Crippen LogP contribution is -2.48. The average molecular weight is 254 g/mol. The van der Waals surface area contributed by atoms with Crippen molar-refractivity contribution < 1.29 is 5.11 Å². The highest BCUT2D eigenvalue weighted by molar-refractivity contribution is 7.07. The van der Waals surface area contributed by atoms with Crippen molar-refractivity contribution in [3.05, 3.63) is 22.4 Å². The molecule has 1 aromatic heterocycles. The van der Waals surface area contributed by atoms with Gasteiger partial charge in [-0.2, -0.15) is 11.3 Å². The number of piperidine rings is 1. The van der Waals surface area contributed by atoms with E-state index in [4.69, 9.17) is 5.11 Å². The van der Waals surface area contributed by atoms with Gasteiger partial charge in [0.15, 0.2) is 0 Å². The van der Waals surface area contributed by atoms with Crippen LogP contribution in [0.1, 0.15) is 12.0 Å². The molecule has 0 bridgehead atoms. The first kappa shape index (κ1) is 13.0. The monoisotopic (exact) mass is 254 g/mol. The number of thiophene rings is 1. The minimum atomic E-state index is 0.232. The second kappa shape index (κ2) is 6.50. The van der Waals surface area contributed by atoms with Crippen LogP contribution < -0.4 is 5.32 Å². The smallest absolute Gasteiger partial charge is 0.0556 e. The first-order valence-electron chi connectivity index (χ1n) is 6.32. The maximum atomic E-state index is 8.86. The second-order valence-electron chi connectivity index (χ2n) is 5.03. The highest BCUT2D eigenvalue weighted by Gasteiger charge is 2.24. The fraction of sp³-hybridized carbons (Fsp3) is 0.692. The van der Waals surface area contributed by atoms with E-state index in [1.54, 1.807) is 11.3 Å². The minimum Gasteiger partial charge on any atom is -0.395 e. The Morgan fingerprint density at radius 1 is 1.53 bits per heavy atom. The van der Waals surface area contributed by atoms with Crippen LogP contribution in [-0.2, 0) is 6.42 Å². The van der Waals surface area contributed by atoms with Crippen molar-refractivity contribution in [3.63, 3.8) is 0 Å². The molecule has 0 amide bonds. The van der Waals surface area contributed by atoms with Gasteiger partial charge in [-0.15, -0.1) is 0 Å². The molecule has 1 fully saturated rings. The third-order valence-electron chi connectivity index (χ3n) is 3.37. The van der Waals surface area contributed by atoms with Gasteiger partial charge in [0.1, 0.15) is 0 Å². The van der Waals surface area contributed by atoms with Crippen molar-refractivity contribution in [2.45, 2.75) is 18.9 Å². The number of hydrogen-bond acceptors (Lipinski definition) is 4. The third kappa shape index (κ3) is 4.07. The van der Waals surface area contributed by atoms with E-state index in [-0.39, 0.29) is 6.61 Å². The van der Waals surface area contributed by atoms with E-state index in [0.29, 0.717) is 12.6 Å². The molecule has 1 saturated heterocycles. The SMILES string of the molecule is CN1CC(Cc2ccsc2)CC(NCCO)C1. The Kier molecular flexibility index (Phi) is 4.98. The Labute approximate surface area is 107 Å². The minimum absolute atomic E-state index is 0.232. The fourth-order valence-electron chi connectivity index (χ4n) is 2.75. The molecule has 17 heavy (non-hydrogen) atoms. The number of nitrogens with one attached hydrogen (secondary N) is 1. The average Bonchev–Trinajstić information content (AvgIpc) is 2.78. The Morgan fingerprint density at radius 2 is 2.41 bits per heavy atom. The summed E-state index contributed by atoms with van der Waals surface area (Å²) in [6, 6.07) is 2.76. The highest BCUT2D eigenvalue weighted by atomic mass is 32.1. The number of hydrogen-bond donors (Lipinski definition) is 2. The molecule has 0 saturated carbocycles. The van der Waals surface area contributed by atoms with Crippen LogP contribution in [0, 0.1) is 5.92 Å². The van der Waals surface area contributed by atoms with Gasteiger partial charge in [0, 0.05) is 25.7 Å². The molecule has 1 aromatic rings. The molecule has 2 N–H and O–H groups in total. The number of nitrogens with zero attached hydrogens (tertiary/aromatic N) is 1. The lowest BCUT2D eigenvalue weighted by atomic mass is 9.90. The molecule has 0 aromatic carbocycles. The van der Waals surface area contributed by atoms with Crippen molar-refractivity contribution in [1.82, 2.24) is 10.2 Å². The van der Waals surface area contributed by atoms with E-state index in [9.17, 15) is 0 Å². The molecule has 2 rings (SSSR count). The molecule has 2 unspecified atom stereocenters. The summed E-state index contributed by atoms with van der Waals surface area (Å²) in [4.78, 5) is 2.40. The van der Waals surface area contributed by atoms with E-state index in [2.05, 4.69) is 34.1 Å². The molecular formula is C13H22N2OS. The Bertz CT molecular complexity index is 315. The van der Waals surface area contributed by atoms with Crippen molar-refractivity contribution in [1.29, 1.82) is 0 Å². The van der Waals surface area contributed by atoms with Crippen LogP contribution in [0.25, 0.3) is 0 Å². The van der Waals surface area contributed by atoms with Gasteiger partial charge in [0.05, 0.1) is 6.61 Å². The van der Waals surface area contributed by atoms with Crippen LogP contribution in [0.15, 0.2) is 16.8 Å². The highest BCUT2D eigenvalue weighted by Crippen LogP contribution is 2.21. The zero-order valence-corrected chi connectivity index (χ0v) is 11.2. The quantitative estimate of drug-likeness (QED) is 0.828. The standard InChI is InChI=1S/C13H22N2OS/c1-15-8-12(6-11-2-5-17-10-11)7-13(9-15)14-3-4-16/h2,5,10,12-14,16H,3-4,6-9H2,1H3. The summed E-state index contributed by atoms with van der Waals surface area (Å²) in [5, 5.41) is 16.7. The van der Waals surface area contributed by atoms with E-state index in [0.717, 1.165) is 12.5 Å². The summed E-state index contributed by atoms with van der Waals surface area (Å²) >= 11 is 1.78. The van der Waals surface area contributed by atoms with Gasteiger partial charge >= 0.3 is 0 Å². The molecule has 1 aliphatic rings. The third-order valence-corrected chi connectivity index (χ3v) is 4.10. The first-order valence-corrected chi connectivity index (χ1v) is 7.26. The predicted octanol–water partition coefficient (Wildman–Crippen LogP) is 1.19. The van der Waals surface area contributed by atoms with Crippen molar-refractivity contribution >= 4 is 11.3 Å². The largest absolute Gasteiger partial charge is 0.395 e. The summed E-state index contributed by atoms with van der Waals surface area (Å²) in [6.07, 6.45) is 2.41. The summed E-state index contributed by atoms with van der Waals surface area (Å²) in [5.41, 5.74) is 1.47. The van der Waals surface area contributed by atoms with Crippen LogP contribution in [0.4, 0.5) is 0 Å². The lowest BCUT2D eigenvalue weighted by Gasteiger charge is -2.36. The van der Waals surface area contributed by atoms with Gasteiger partial charge in [-0.25, -0.2) is 0 Å². The first-order chi connectivity index (χ1) is 8.28. The van der Waals surface area contributed by atoms with E-state index >= 15 is 0 Å². The number of aliphatic hydroxyl groups excluding tert-OH is 1. The summed E-state index contributed by atoms with van der Waals surface area (Å²) in [7, 11) is 2.19. The van der Waals surface area contributed by atoms with Gasteiger partial charge in [-0.1, -0.05) is 0 Å². The van der Waals surface area contributed by atoms with Crippen LogP contribution in [-0.4, -0.2) is 49.3 Å². The molecular weight excluding hydrogens is 232 g/mol. The Morgan fingerprint density at radius 3 is 3.12 bits per heavy atom. The summed E-state index contributed by atoms with van der Waals surface area (Å²) in [5.74, 6) is 0.736. The van der Waals surface area contributed by atoms with Gasteiger partial charge in [-0.3, -0.25) is 0 Å². The van der Waals surface area contributed by atoms with Gasteiger partial charge in [0.2, 0.25) is 0 Å². The fourth-order valence-corrected chi connectivity index (χ4v) is 3.43. The van der Waals surface area contributed by atoms with Crippen LogP contribution in [0.5, 0.6) is 0 Å². The molecule has 3 nitrogen and oxygen atoms in total. The molecule has 2 heterocycles. The lowest BCUT2D eigenvalue weighted by molar-refractivity contribution is 0.163. The number of likely N-dealkylation sites (N-methyl/N-ethyl adjacent to an activating group) is 1. The van der Waals surface area contributed by atoms with Gasteiger partial charge < -0.3 is 15.3 Å². The van der Waals surface area contributed by atoms with Crippen LogP contribution >= 0.6 is 11.3 Å². The number of aliphatic hydroxyl groups is 1. The van der Waals surface area contributed by atoms with Crippen LogP contribution in [0.3, 0.4) is 0 Å². The van der Waals surface area contributed by atoms with Crippen molar-refractivity contribution in [2.24, 2.45) is 5.92 Å². The van der Waals surface area contributed by atoms with Gasteiger partial charge in [0.25, 0.3) is 0 Å². The number of likely N-dealkylation sites (tertiary alicyclic amines) is 1. The molecule has 2 atom stereocenters. The summed E-state index contributed by atoms with van der Waals surface area (Å²) < 4.78 is 0. The molecule has 96 valence electrons. The molecule has 4 heteroatoms. The van der Waals surface area contributed by atoms with E-state index in [1.807, 2.05) is 0 Å². The van der Waals surface area contributed by atoms with Crippen molar-refractivity contribution in [3.8, 4) is 0 Å². The normalized spacial score (nSPS) is 26.2. The topological polar surface area (TPSA) is 35.5 Å². The Balaban J connectivity index is 1.85. The molecule has 0 aliphatic carbocycles. The zero-order chi connectivity index (χ0) is 12.1. The van der Waals surface area contributed by atoms with Crippen LogP contribution in [0.2, 0.25) is 0 Å². The molecule has 0 radical (unpaired) electrons. The van der Waals surface area contributed by atoms with Crippen molar-refractivity contribution in [2.75, 3.05) is 33.3 Å². The molecule has 1 aliphatic heterocycles. The molecule has 0 spiro atoms.